The fraction of sp³-hybridized carbons (Fsp3) is 0.0204. The van der Waals surface area contributed by atoms with Crippen molar-refractivity contribution in [3.05, 3.63) is 193 Å². The Morgan fingerprint density at radius 3 is 2.09 bits per heavy atom. The Morgan fingerprint density at radius 1 is 0.509 bits per heavy atom. The minimum Gasteiger partial charge on any atom is -0.461 e. The van der Waals surface area contributed by atoms with Crippen LogP contribution >= 0.6 is 0 Å². The molecule has 1 aliphatic rings. The molecule has 0 atom stereocenters. The van der Waals surface area contributed by atoms with Gasteiger partial charge in [0.05, 0.1) is 22.1 Å². The third-order valence-corrected chi connectivity index (χ3v) is 10.3. The second-order valence-electron chi connectivity index (χ2n) is 13.5. The summed E-state index contributed by atoms with van der Waals surface area (Å²) in [4.78, 5) is 0. The SMILES string of the molecule is C/C1=C\c2c(ccc3c2c2ccccc2n3-c2ccc3c4ccccc4n(-c4ccccc4)c3c2)-c2ccccc2N/C=C/C=C/c2ccccc2O1. The second kappa shape index (κ2) is 12.6. The van der Waals surface area contributed by atoms with E-state index in [1.54, 1.807) is 0 Å². The van der Waals surface area contributed by atoms with Crippen LogP contribution < -0.4 is 10.1 Å². The third-order valence-electron chi connectivity index (χ3n) is 10.3. The van der Waals surface area contributed by atoms with Crippen LogP contribution in [0.5, 0.6) is 5.75 Å². The predicted octanol–water partition coefficient (Wildman–Crippen LogP) is 12.9. The van der Waals surface area contributed by atoms with Gasteiger partial charge in [0.1, 0.15) is 11.5 Å². The second-order valence-corrected chi connectivity index (χ2v) is 13.5. The fourth-order valence-electron chi connectivity index (χ4n) is 8.02. The van der Waals surface area contributed by atoms with Gasteiger partial charge in [-0.3, -0.25) is 0 Å². The van der Waals surface area contributed by atoms with Gasteiger partial charge in [0.15, 0.2) is 0 Å². The first-order valence-electron chi connectivity index (χ1n) is 18.0. The molecule has 4 nitrogen and oxygen atoms in total. The Bertz CT molecular complexity index is 2960. The number of anilines is 1. The molecule has 3 heterocycles. The Hall–Kier alpha value is -7.04. The van der Waals surface area contributed by atoms with Crippen LogP contribution in [0.15, 0.2) is 182 Å². The molecule has 0 saturated carbocycles. The molecule has 9 aromatic rings. The van der Waals surface area contributed by atoms with Crippen LogP contribution in [0.1, 0.15) is 18.1 Å². The fourth-order valence-corrected chi connectivity index (χ4v) is 8.02. The summed E-state index contributed by atoms with van der Waals surface area (Å²) >= 11 is 0. The summed E-state index contributed by atoms with van der Waals surface area (Å²) in [6.45, 7) is 2.05. The van der Waals surface area contributed by atoms with Crippen LogP contribution in [-0.2, 0) is 0 Å². The molecule has 2 aromatic heterocycles. The maximum absolute atomic E-state index is 6.63. The van der Waals surface area contributed by atoms with E-state index in [-0.39, 0.29) is 0 Å². The minimum atomic E-state index is 0.809. The molecule has 1 N–H and O–H groups in total. The maximum Gasteiger partial charge on any atom is 0.134 e. The highest BCUT2D eigenvalue weighted by atomic mass is 16.5. The van der Waals surface area contributed by atoms with Crippen LogP contribution in [0, 0.1) is 0 Å². The van der Waals surface area contributed by atoms with Crippen molar-refractivity contribution in [2.45, 2.75) is 6.92 Å². The molecule has 0 radical (unpaired) electrons. The van der Waals surface area contributed by atoms with Crippen molar-refractivity contribution in [2.24, 2.45) is 0 Å². The first kappa shape index (κ1) is 30.8. The standard InChI is InChI=1S/C49H35N3O/c1-33-31-42-37(38-19-6-9-22-43(38)50-30-14-13-16-34-15-5-12-25-48(34)53-33)28-29-46-49(42)41-21-8-11-24-45(41)52(46)36-26-27-40-39-20-7-10-23-44(39)51(47(40)32-36)35-17-3-2-4-18-35/h2-32,50H,1H3/b16-13+,30-14+,33-31+. The normalized spacial score (nSPS) is 15.1. The van der Waals surface area contributed by atoms with Gasteiger partial charge < -0.3 is 19.2 Å². The lowest BCUT2D eigenvalue weighted by Gasteiger charge is -2.16. The van der Waals surface area contributed by atoms with Crippen molar-refractivity contribution in [1.29, 1.82) is 0 Å². The first-order valence-corrected chi connectivity index (χ1v) is 18.0. The van der Waals surface area contributed by atoms with Gasteiger partial charge in [-0.2, -0.15) is 0 Å². The Balaban J connectivity index is 1.27. The van der Waals surface area contributed by atoms with Gasteiger partial charge in [-0.05, 0) is 84.8 Å². The number of ether oxygens (including phenoxy) is 1. The number of aromatic nitrogens is 2. The van der Waals surface area contributed by atoms with Crippen molar-refractivity contribution < 1.29 is 4.74 Å². The van der Waals surface area contributed by atoms with Crippen LogP contribution in [0.25, 0.3) is 78.3 Å². The Labute approximate surface area is 307 Å². The van der Waals surface area contributed by atoms with Gasteiger partial charge in [-0.25, -0.2) is 0 Å². The molecule has 10 rings (SSSR count). The quantitative estimate of drug-likeness (QED) is 0.197. The number of nitrogens with one attached hydrogen (secondary N) is 1. The predicted molar refractivity (Wildman–Crippen MR) is 223 cm³/mol. The number of rotatable bonds is 2. The summed E-state index contributed by atoms with van der Waals surface area (Å²) in [5.74, 6) is 1.62. The Kier molecular flexibility index (Phi) is 7.33. The van der Waals surface area contributed by atoms with E-state index in [4.69, 9.17) is 4.74 Å². The number of benzene rings is 7. The molecule has 7 aromatic carbocycles. The van der Waals surface area contributed by atoms with Gasteiger partial charge in [0.2, 0.25) is 0 Å². The topological polar surface area (TPSA) is 31.1 Å². The van der Waals surface area contributed by atoms with Crippen LogP contribution in [0.3, 0.4) is 0 Å². The summed E-state index contributed by atoms with van der Waals surface area (Å²) < 4.78 is 11.4. The molecule has 0 bridgehead atoms. The number of allylic oxidation sites excluding steroid dienone is 3. The summed E-state index contributed by atoms with van der Waals surface area (Å²) in [5, 5.41) is 8.40. The van der Waals surface area contributed by atoms with Crippen molar-refractivity contribution in [1.82, 2.24) is 9.13 Å². The maximum atomic E-state index is 6.63. The van der Waals surface area contributed by atoms with Crippen molar-refractivity contribution >= 4 is 61.5 Å². The molecule has 252 valence electrons. The van der Waals surface area contributed by atoms with Crippen LogP contribution in [0.4, 0.5) is 5.69 Å². The molecule has 53 heavy (non-hydrogen) atoms. The van der Waals surface area contributed by atoms with E-state index < -0.39 is 0 Å². The number of hydrogen-bond donors (Lipinski definition) is 1. The van der Waals surface area contributed by atoms with Crippen molar-refractivity contribution in [3.63, 3.8) is 0 Å². The smallest absolute Gasteiger partial charge is 0.134 e. The highest BCUT2D eigenvalue weighted by Crippen LogP contribution is 2.43. The zero-order chi connectivity index (χ0) is 35.3. The molecule has 0 unspecified atom stereocenters. The van der Waals surface area contributed by atoms with Crippen LogP contribution in [0.2, 0.25) is 0 Å². The molecule has 0 amide bonds. The average Bonchev–Trinajstić information content (AvgIpc) is 3.71. The number of para-hydroxylation sites is 5. The van der Waals surface area contributed by atoms with Crippen molar-refractivity contribution in [3.8, 4) is 28.3 Å². The highest BCUT2D eigenvalue weighted by Gasteiger charge is 2.21. The number of fused-ring (bicyclic) bond motifs is 11. The van der Waals surface area contributed by atoms with Gasteiger partial charge in [0, 0.05) is 55.9 Å². The number of nitrogens with zero attached hydrogens (tertiary/aromatic N) is 2. The highest BCUT2D eigenvalue weighted by molar-refractivity contribution is 6.16. The molecule has 0 aliphatic carbocycles. The lowest BCUT2D eigenvalue weighted by Crippen LogP contribution is -1.98. The van der Waals surface area contributed by atoms with E-state index >= 15 is 0 Å². The molecular weight excluding hydrogens is 647 g/mol. The van der Waals surface area contributed by atoms with Gasteiger partial charge in [-0.15, -0.1) is 0 Å². The summed E-state index contributed by atoms with van der Waals surface area (Å²) in [6, 6.07) is 56.2. The molecule has 0 spiro atoms. The summed E-state index contributed by atoms with van der Waals surface area (Å²) in [6.07, 6.45) is 10.3. The zero-order valence-electron chi connectivity index (χ0n) is 29.2. The van der Waals surface area contributed by atoms with Gasteiger partial charge in [-0.1, -0.05) is 115 Å². The average molecular weight is 682 g/mol. The third kappa shape index (κ3) is 5.15. The Morgan fingerprint density at radius 2 is 1.21 bits per heavy atom. The van der Waals surface area contributed by atoms with Crippen molar-refractivity contribution in [2.75, 3.05) is 5.32 Å². The molecule has 0 fully saturated rings. The van der Waals surface area contributed by atoms with E-state index in [0.717, 1.165) is 61.9 Å². The lowest BCUT2D eigenvalue weighted by molar-refractivity contribution is 0.432. The van der Waals surface area contributed by atoms with E-state index in [2.05, 4.69) is 173 Å². The molecular formula is C49H35N3O. The van der Waals surface area contributed by atoms with Crippen LogP contribution in [-0.4, -0.2) is 9.13 Å². The minimum absolute atomic E-state index is 0.809. The van der Waals surface area contributed by atoms with E-state index in [0.29, 0.717) is 0 Å². The summed E-state index contributed by atoms with van der Waals surface area (Å²) in [5.41, 5.74) is 12.3. The lowest BCUT2D eigenvalue weighted by atomic mass is 9.93. The largest absolute Gasteiger partial charge is 0.461 e. The monoisotopic (exact) mass is 681 g/mol. The molecule has 4 heteroatoms. The molecule has 1 aliphatic heterocycles. The first-order chi connectivity index (χ1) is 26.2. The van der Waals surface area contributed by atoms with E-state index in [1.807, 2.05) is 36.6 Å². The van der Waals surface area contributed by atoms with Gasteiger partial charge >= 0.3 is 0 Å². The van der Waals surface area contributed by atoms with Gasteiger partial charge in [0.25, 0.3) is 0 Å². The van der Waals surface area contributed by atoms with E-state index in [1.165, 1.54) is 32.6 Å². The summed E-state index contributed by atoms with van der Waals surface area (Å²) in [7, 11) is 0. The molecule has 0 saturated heterocycles. The zero-order valence-corrected chi connectivity index (χ0v) is 29.2. The van der Waals surface area contributed by atoms with E-state index in [9.17, 15) is 0 Å². The number of hydrogen-bond acceptors (Lipinski definition) is 2.